The fourth-order valence-corrected chi connectivity index (χ4v) is 3.94. The van der Waals surface area contributed by atoms with Gasteiger partial charge in [0.05, 0.1) is 19.0 Å². The van der Waals surface area contributed by atoms with Gasteiger partial charge >= 0.3 is 0 Å². The van der Waals surface area contributed by atoms with E-state index in [2.05, 4.69) is 10.3 Å². The molecule has 1 aromatic carbocycles. The molecular formula is C20H23N3O3S. The van der Waals surface area contributed by atoms with Crippen LogP contribution in [0.4, 0.5) is 0 Å². The lowest BCUT2D eigenvalue weighted by Crippen LogP contribution is -2.38. The van der Waals surface area contributed by atoms with E-state index in [1.807, 2.05) is 44.2 Å². The molecule has 2 heterocycles. The quantitative estimate of drug-likeness (QED) is 0.676. The van der Waals surface area contributed by atoms with E-state index < -0.39 is 0 Å². The number of hydrogen-bond acceptors (Lipinski definition) is 5. The number of hydrogen-bond donors (Lipinski definition) is 1. The molecule has 0 bridgehead atoms. The molecule has 0 unspecified atom stereocenters. The molecule has 3 rings (SSSR count). The Labute approximate surface area is 161 Å². The first-order valence-corrected chi connectivity index (χ1v) is 9.80. The molecule has 2 aromatic heterocycles. The Morgan fingerprint density at radius 3 is 2.59 bits per heavy atom. The Bertz CT molecular complexity index is 988. The molecule has 142 valence electrons. The van der Waals surface area contributed by atoms with Crippen molar-refractivity contribution in [2.24, 2.45) is 0 Å². The predicted molar refractivity (Wildman–Crippen MR) is 108 cm³/mol. The number of methoxy groups -OCH3 is 1. The first kappa shape index (κ1) is 19.1. The summed E-state index contributed by atoms with van der Waals surface area (Å²) in [5.41, 5.74) is 1.45. The summed E-state index contributed by atoms with van der Waals surface area (Å²) in [6.45, 7) is 4.04. The number of amides is 1. The second-order valence-corrected chi connectivity index (χ2v) is 7.36. The summed E-state index contributed by atoms with van der Waals surface area (Å²) < 4.78 is 7.10. The van der Waals surface area contributed by atoms with Crippen molar-refractivity contribution < 1.29 is 9.53 Å². The largest absolute Gasteiger partial charge is 0.497 e. The Morgan fingerprint density at radius 2 is 1.96 bits per heavy atom. The molecular weight excluding hydrogens is 362 g/mol. The Kier molecular flexibility index (Phi) is 5.91. The highest BCUT2D eigenvalue weighted by atomic mass is 32.1. The standard InChI is InChI=1S/C20H23N3O3S/c1-4-14(5-2)22-18(24)11-23-12-21-16-10-17(27-19(16)20(23)25)13-6-8-15(26-3)9-7-13/h6-10,12,14H,4-5,11H2,1-3H3,(H,22,24). The summed E-state index contributed by atoms with van der Waals surface area (Å²) in [5, 5.41) is 2.95. The molecule has 0 radical (unpaired) electrons. The predicted octanol–water partition coefficient (Wildman–Crippen LogP) is 3.44. The zero-order valence-electron chi connectivity index (χ0n) is 15.7. The van der Waals surface area contributed by atoms with Gasteiger partial charge in [-0.1, -0.05) is 13.8 Å². The van der Waals surface area contributed by atoms with E-state index in [9.17, 15) is 9.59 Å². The summed E-state index contributed by atoms with van der Waals surface area (Å²) in [6, 6.07) is 9.70. The Balaban J connectivity index is 1.86. The van der Waals surface area contributed by atoms with Crippen LogP contribution in [0.25, 0.3) is 20.7 Å². The van der Waals surface area contributed by atoms with Crippen molar-refractivity contribution in [1.82, 2.24) is 14.9 Å². The molecule has 1 N–H and O–H groups in total. The summed E-state index contributed by atoms with van der Waals surface area (Å²) in [7, 11) is 1.63. The van der Waals surface area contributed by atoms with Crippen LogP contribution < -0.4 is 15.6 Å². The van der Waals surface area contributed by atoms with Gasteiger partial charge in [0.15, 0.2) is 0 Å². The number of ether oxygens (including phenoxy) is 1. The van der Waals surface area contributed by atoms with Crippen molar-refractivity contribution in [3.8, 4) is 16.2 Å². The zero-order chi connectivity index (χ0) is 19.4. The van der Waals surface area contributed by atoms with Crippen molar-refractivity contribution in [1.29, 1.82) is 0 Å². The van der Waals surface area contributed by atoms with Crippen molar-refractivity contribution in [2.75, 3.05) is 7.11 Å². The van der Waals surface area contributed by atoms with Crippen molar-refractivity contribution in [2.45, 2.75) is 39.3 Å². The van der Waals surface area contributed by atoms with Gasteiger partial charge in [0.25, 0.3) is 5.56 Å². The third kappa shape index (κ3) is 4.19. The van der Waals surface area contributed by atoms with Gasteiger partial charge in [-0.3, -0.25) is 14.2 Å². The second-order valence-electron chi connectivity index (χ2n) is 6.31. The Morgan fingerprint density at radius 1 is 1.26 bits per heavy atom. The molecule has 27 heavy (non-hydrogen) atoms. The maximum absolute atomic E-state index is 12.8. The van der Waals surface area contributed by atoms with Crippen LogP contribution in [-0.4, -0.2) is 28.6 Å². The summed E-state index contributed by atoms with van der Waals surface area (Å²) in [6.07, 6.45) is 3.18. The molecule has 0 aliphatic rings. The number of carbonyl (C=O) groups excluding carboxylic acids is 1. The lowest BCUT2D eigenvalue weighted by Gasteiger charge is -2.15. The van der Waals surface area contributed by atoms with E-state index in [1.54, 1.807) is 7.11 Å². The molecule has 7 heteroatoms. The summed E-state index contributed by atoms with van der Waals surface area (Å²) >= 11 is 1.39. The van der Waals surface area contributed by atoms with Gasteiger partial charge in [-0.05, 0) is 48.7 Å². The van der Waals surface area contributed by atoms with Gasteiger partial charge in [0.1, 0.15) is 17.0 Å². The smallest absolute Gasteiger partial charge is 0.271 e. The number of rotatable bonds is 7. The summed E-state index contributed by atoms with van der Waals surface area (Å²) in [4.78, 5) is 30.3. The molecule has 0 spiro atoms. The molecule has 3 aromatic rings. The SMILES string of the molecule is CCC(CC)NC(=O)Cn1cnc2cc(-c3ccc(OC)cc3)sc2c1=O. The number of carbonyl (C=O) groups is 1. The zero-order valence-corrected chi connectivity index (χ0v) is 16.5. The van der Waals surface area contributed by atoms with Crippen LogP contribution in [0.15, 0.2) is 41.5 Å². The fourth-order valence-electron chi connectivity index (χ4n) is 2.88. The molecule has 0 fully saturated rings. The highest BCUT2D eigenvalue weighted by molar-refractivity contribution is 7.22. The third-order valence-corrected chi connectivity index (χ3v) is 5.70. The van der Waals surface area contributed by atoms with Crippen LogP contribution in [0.3, 0.4) is 0 Å². The van der Waals surface area contributed by atoms with Crippen molar-refractivity contribution in [3.05, 3.63) is 47.0 Å². The van der Waals surface area contributed by atoms with E-state index in [4.69, 9.17) is 4.74 Å². The minimum Gasteiger partial charge on any atom is -0.497 e. The van der Waals surface area contributed by atoms with Crippen LogP contribution in [0.1, 0.15) is 26.7 Å². The second kappa shape index (κ2) is 8.35. The van der Waals surface area contributed by atoms with Crippen molar-refractivity contribution in [3.63, 3.8) is 0 Å². The van der Waals surface area contributed by atoms with E-state index in [1.165, 1.54) is 22.2 Å². The van der Waals surface area contributed by atoms with Gasteiger partial charge in [0, 0.05) is 10.9 Å². The third-order valence-electron chi connectivity index (χ3n) is 4.54. The summed E-state index contributed by atoms with van der Waals surface area (Å²) in [5.74, 6) is 0.614. The minimum atomic E-state index is -0.190. The van der Waals surface area contributed by atoms with E-state index in [0.29, 0.717) is 10.2 Å². The molecule has 1 amide bonds. The van der Waals surface area contributed by atoms with E-state index in [-0.39, 0.29) is 24.1 Å². The number of nitrogens with zero attached hydrogens (tertiary/aromatic N) is 2. The average molecular weight is 385 g/mol. The van der Waals surface area contributed by atoms with Crippen LogP contribution in [0.5, 0.6) is 5.75 Å². The molecule has 0 saturated heterocycles. The normalized spacial score (nSPS) is 11.1. The number of thiophene rings is 1. The molecule has 0 aliphatic heterocycles. The number of benzene rings is 1. The number of fused-ring (bicyclic) bond motifs is 1. The fraction of sp³-hybridized carbons (Fsp3) is 0.350. The van der Waals surface area contributed by atoms with Gasteiger partial charge in [-0.2, -0.15) is 0 Å². The molecule has 0 aliphatic carbocycles. The van der Waals surface area contributed by atoms with Crippen molar-refractivity contribution >= 4 is 27.5 Å². The number of nitrogens with one attached hydrogen (secondary N) is 1. The van der Waals surface area contributed by atoms with Gasteiger partial charge < -0.3 is 10.1 Å². The first-order valence-electron chi connectivity index (χ1n) is 8.98. The van der Waals surface area contributed by atoms with Gasteiger partial charge in [-0.15, -0.1) is 11.3 Å². The van der Waals surface area contributed by atoms with Gasteiger partial charge in [0.2, 0.25) is 5.91 Å². The molecule has 0 saturated carbocycles. The first-order chi connectivity index (χ1) is 13.0. The minimum absolute atomic E-state index is 0.0198. The lowest BCUT2D eigenvalue weighted by molar-refractivity contribution is -0.122. The van der Waals surface area contributed by atoms with Crippen LogP contribution in [0, 0.1) is 0 Å². The van der Waals surface area contributed by atoms with Gasteiger partial charge in [-0.25, -0.2) is 4.98 Å². The Hall–Kier alpha value is -2.67. The highest BCUT2D eigenvalue weighted by Gasteiger charge is 2.14. The number of aromatic nitrogens is 2. The lowest BCUT2D eigenvalue weighted by atomic mass is 10.2. The van der Waals surface area contributed by atoms with Crippen LogP contribution >= 0.6 is 11.3 Å². The highest BCUT2D eigenvalue weighted by Crippen LogP contribution is 2.31. The molecule has 6 nitrogen and oxygen atoms in total. The monoisotopic (exact) mass is 385 g/mol. The topological polar surface area (TPSA) is 73.2 Å². The van der Waals surface area contributed by atoms with Crippen LogP contribution in [0.2, 0.25) is 0 Å². The maximum atomic E-state index is 12.8. The van der Waals surface area contributed by atoms with E-state index >= 15 is 0 Å². The van der Waals surface area contributed by atoms with Crippen LogP contribution in [-0.2, 0) is 11.3 Å². The average Bonchev–Trinajstić information content (AvgIpc) is 3.13. The maximum Gasteiger partial charge on any atom is 0.271 e. The van der Waals surface area contributed by atoms with E-state index in [0.717, 1.165) is 29.0 Å². The molecule has 0 atom stereocenters.